The number of halogens is 1. The summed E-state index contributed by atoms with van der Waals surface area (Å²) in [6.45, 7) is 3.85. The standard InChI is InChI=1S/C27H23FN4O3/c1-16-9-11-18(12-10-16)24-23(17(2)32(27(33)29-24)20-7-5-4-6-8-20)26-30-25(31-35-26)19-13-14-22(34-3)21(28)15-19/h4-15,24H,1-3H3,(H,29,33). The molecule has 176 valence electrons. The number of amides is 2. The van der Waals surface area contributed by atoms with E-state index in [-0.39, 0.29) is 23.5 Å². The Labute approximate surface area is 201 Å². The van der Waals surface area contributed by atoms with E-state index < -0.39 is 11.9 Å². The van der Waals surface area contributed by atoms with Gasteiger partial charge < -0.3 is 14.6 Å². The van der Waals surface area contributed by atoms with Crippen LogP contribution in [0.5, 0.6) is 5.75 Å². The van der Waals surface area contributed by atoms with E-state index in [0.29, 0.717) is 22.5 Å². The maximum Gasteiger partial charge on any atom is 0.326 e. The number of hydrogen-bond acceptors (Lipinski definition) is 5. The maximum absolute atomic E-state index is 14.3. The van der Waals surface area contributed by atoms with Crippen LogP contribution >= 0.6 is 0 Å². The molecule has 8 heteroatoms. The monoisotopic (exact) mass is 470 g/mol. The van der Waals surface area contributed by atoms with E-state index in [0.717, 1.165) is 11.1 Å². The summed E-state index contributed by atoms with van der Waals surface area (Å²) in [4.78, 5) is 19.4. The third-order valence-electron chi connectivity index (χ3n) is 5.98. The van der Waals surface area contributed by atoms with Crippen molar-refractivity contribution in [3.05, 3.63) is 101 Å². The molecule has 1 aliphatic rings. The highest BCUT2D eigenvalue weighted by Crippen LogP contribution is 2.39. The highest BCUT2D eigenvalue weighted by atomic mass is 19.1. The number of allylic oxidation sites excluding steroid dienone is 1. The fraction of sp³-hybridized carbons (Fsp3) is 0.148. The number of hydrogen-bond donors (Lipinski definition) is 1. The molecule has 5 rings (SSSR count). The summed E-state index contributed by atoms with van der Waals surface area (Å²) >= 11 is 0. The highest BCUT2D eigenvalue weighted by molar-refractivity contribution is 6.01. The Morgan fingerprint density at radius 3 is 2.46 bits per heavy atom. The Bertz CT molecular complexity index is 1410. The Kier molecular flexibility index (Phi) is 5.78. The van der Waals surface area contributed by atoms with E-state index in [1.54, 1.807) is 11.0 Å². The fourth-order valence-electron chi connectivity index (χ4n) is 4.17. The third kappa shape index (κ3) is 4.14. The minimum atomic E-state index is -0.524. The quantitative estimate of drug-likeness (QED) is 0.393. The molecule has 2 heterocycles. The van der Waals surface area contributed by atoms with Gasteiger partial charge in [0.25, 0.3) is 5.89 Å². The number of anilines is 1. The SMILES string of the molecule is COc1ccc(-c2noc(C3=C(C)N(c4ccccc4)C(=O)NC3c3ccc(C)cc3)n2)cc1F. The van der Waals surface area contributed by atoms with Crippen molar-refractivity contribution in [2.75, 3.05) is 12.0 Å². The van der Waals surface area contributed by atoms with Crippen molar-refractivity contribution in [3.8, 4) is 17.1 Å². The molecule has 2 amide bonds. The van der Waals surface area contributed by atoms with E-state index in [2.05, 4.69) is 15.5 Å². The van der Waals surface area contributed by atoms with Crippen LogP contribution in [0.2, 0.25) is 0 Å². The first-order valence-corrected chi connectivity index (χ1v) is 11.1. The minimum Gasteiger partial charge on any atom is -0.494 e. The van der Waals surface area contributed by atoms with Crippen LogP contribution in [-0.2, 0) is 0 Å². The number of benzene rings is 3. The van der Waals surface area contributed by atoms with E-state index in [9.17, 15) is 9.18 Å². The van der Waals surface area contributed by atoms with Gasteiger partial charge >= 0.3 is 6.03 Å². The molecule has 1 unspecified atom stereocenters. The first-order valence-electron chi connectivity index (χ1n) is 11.1. The predicted octanol–water partition coefficient (Wildman–Crippen LogP) is 5.89. The van der Waals surface area contributed by atoms with Crippen LogP contribution in [0, 0.1) is 12.7 Å². The van der Waals surface area contributed by atoms with Gasteiger partial charge in [-0.2, -0.15) is 4.98 Å². The zero-order valence-electron chi connectivity index (χ0n) is 19.4. The van der Waals surface area contributed by atoms with E-state index >= 15 is 0 Å². The van der Waals surface area contributed by atoms with Gasteiger partial charge in [0, 0.05) is 11.3 Å². The maximum atomic E-state index is 14.3. The minimum absolute atomic E-state index is 0.129. The highest BCUT2D eigenvalue weighted by Gasteiger charge is 2.36. The van der Waals surface area contributed by atoms with Crippen molar-refractivity contribution in [2.45, 2.75) is 19.9 Å². The van der Waals surface area contributed by atoms with Crippen molar-refractivity contribution in [1.29, 1.82) is 0 Å². The molecule has 0 fully saturated rings. The van der Waals surface area contributed by atoms with Gasteiger partial charge in [-0.05, 0) is 49.7 Å². The van der Waals surface area contributed by atoms with Gasteiger partial charge in [-0.15, -0.1) is 0 Å². The molecular formula is C27H23FN4O3. The van der Waals surface area contributed by atoms with Crippen molar-refractivity contribution in [3.63, 3.8) is 0 Å². The second kappa shape index (κ2) is 9.06. The molecule has 1 N–H and O–H groups in total. The lowest BCUT2D eigenvalue weighted by Gasteiger charge is -2.35. The second-order valence-electron chi connectivity index (χ2n) is 8.24. The van der Waals surface area contributed by atoms with Crippen LogP contribution < -0.4 is 15.0 Å². The number of methoxy groups -OCH3 is 1. The van der Waals surface area contributed by atoms with Gasteiger partial charge in [0.15, 0.2) is 11.6 Å². The van der Waals surface area contributed by atoms with Crippen LogP contribution in [-0.4, -0.2) is 23.3 Å². The number of para-hydroxylation sites is 1. The smallest absolute Gasteiger partial charge is 0.326 e. The van der Waals surface area contributed by atoms with Gasteiger partial charge in [-0.25, -0.2) is 9.18 Å². The third-order valence-corrected chi connectivity index (χ3v) is 5.98. The van der Waals surface area contributed by atoms with Gasteiger partial charge in [0.1, 0.15) is 0 Å². The van der Waals surface area contributed by atoms with E-state index in [1.165, 1.54) is 19.2 Å². The Hall–Kier alpha value is -4.46. The van der Waals surface area contributed by atoms with Crippen LogP contribution in [0.4, 0.5) is 14.9 Å². The predicted molar refractivity (Wildman–Crippen MR) is 130 cm³/mol. The van der Waals surface area contributed by atoms with Gasteiger partial charge in [0.05, 0.1) is 24.4 Å². The number of aryl methyl sites for hydroxylation is 1. The molecule has 7 nitrogen and oxygen atoms in total. The molecule has 1 atom stereocenters. The summed E-state index contributed by atoms with van der Waals surface area (Å²) in [5, 5.41) is 7.17. The molecular weight excluding hydrogens is 447 g/mol. The number of ether oxygens (including phenoxy) is 1. The first kappa shape index (κ1) is 22.3. The second-order valence-corrected chi connectivity index (χ2v) is 8.24. The largest absolute Gasteiger partial charge is 0.494 e. The number of nitrogens with one attached hydrogen (secondary N) is 1. The average molecular weight is 471 g/mol. The summed E-state index contributed by atoms with van der Waals surface area (Å²) in [6, 6.07) is 20.9. The van der Waals surface area contributed by atoms with Crippen LogP contribution in [0.15, 0.2) is 83.0 Å². The van der Waals surface area contributed by atoms with Gasteiger partial charge in [-0.3, -0.25) is 4.90 Å². The Morgan fingerprint density at radius 1 is 1.03 bits per heavy atom. The lowest BCUT2D eigenvalue weighted by molar-refractivity contribution is 0.244. The zero-order chi connectivity index (χ0) is 24.5. The Morgan fingerprint density at radius 2 is 1.77 bits per heavy atom. The fourth-order valence-corrected chi connectivity index (χ4v) is 4.17. The van der Waals surface area contributed by atoms with Gasteiger partial charge in [-0.1, -0.05) is 53.2 Å². The van der Waals surface area contributed by atoms with Crippen molar-refractivity contribution < 1.29 is 18.4 Å². The summed E-state index contributed by atoms with van der Waals surface area (Å²) < 4.78 is 24.9. The molecule has 0 saturated heterocycles. The van der Waals surface area contributed by atoms with E-state index in [1.807, 2.05) is 68.4 Å². The molecule has 1 aliphatic heterocycles. The summed E-state index contributed by atoms with van der Waals surface area (Å²) in [7, 11) is 1.40. The number of urea groups is 1. The van der Waals surface area contributed by atoms with Crippen LogP contribution in [0.25, 0.3) is 17.0 Å². The molecule has 4 aromatic rings. The number of carbonyl (C=O) groups excluding carboxylic acids is 1. The van der Waals surface area contributed by atoms with Crippen molar-refractivity contribution >= 4 is 17.3 Å². The first-order chi connectivity index (χ1) is 17.0. The summed E-state index contributed by atoms with van der Waals surface area (Å²) in [5.74, 6) is 0.0707. The molecule has 0 bridgehead atoms. The van der Waals surface area contributed by atoms with Crippen molar-refractivity contribution in [2.24, 2.45) is 0 Å². The number of rotatable bonds is 5. The molecule has 35 heavy (non-hydrogen) atoms. The summed E-state index contributed by atoms with van der Waals surface area (Å²) in [5.41, 5.74) is 4.45. The average Bonchev–Trinajstić information content (AvgIpc) is 3.34. The number of aromatic nitrogens is 2. The van der Waals surface area contributed by atoms with Crippen LogP contribution in [0.1, 0.15) is 30.0 Å². The zero-order valence-corrected chi connectivity index (χ0v) is 19.4. The molecule has 0 spiro atoms. The lowest BCUT2D eigenvalue weighted by atomic mass is 9.94. The summed E-state index contributed by atoms with van der Waals surface area (Å²) in [6.07, 6.45) is 0. The van der Waals surface area contributed by atoms with Crippen LogP contribution in [0.3, 0.4) is 0 Å². The number of nitrogens with zero attached hydrogens (tertiary/aromatic N) is 3. The van der Waals surface area contributed by atoms with Gasteiger partial charge in [0.2, 0.25) is 5.82 Å². The molecule has 0 aliphatic carbocycles. The van der Waals surface area contributed by atoms with E-state index in [4.69, 9.17) is 9.26 Å². The normalized spacial score (nSPS) is 15.8. The topological polar surface area (TPSA) is 80.5 Å². The molecule has 3 aromatic carbocycles. The number of carbonyl (C=O) groups is 1. The Balaban J connectivity index is 1.63. The molecule has 1 aromatic heterocycles. The molecule has 0 radical (unpaired) electrons. The molecule has 0 saturated carbocycles. The lowest BCUT2D eigenvalue weighted by Crippen LogP contribution is -2.46. The van der Waals surface area contributed by atoms with Crippen molar-refractivity contribution in [1.82, 2.24) is 15.5 Å².